The number of nitrogens with zero attached hydrogens (tertiary/aromatic N) is 3. The third kappa shape index (κ3) is 1.82. The van der Waals surface area contributed by atoms with Crippen molar-refractivity contribution in [1.29, 1.82) is 0 Å². The van der Waals surface area contributed by atoms with Gasteiger partial charge in [0.15, 0.2) is 10.8 Å². The SMILES string of the molecule is CCC1CCCCN1c1nc2sccn2c1CN. The summed E-state index contributed by atoms with van der Waals surface area (Å²) >= 11 is 1.68. The normalized spacial score (nSPS) is 20.8. The highest BCUT2D eigenvalue weighted by molar-refractivity contribution is 7.15. The van der Waals surface area contributed by atoms with Gasteiger partial charge in [-0.1, -0.05) is 6.92 Å². The smallest absolute Gasteiger partial charge is 0.195 e. The Labute approximate surface area is 111 Å². The van der Waals surface area contributed by atoms with E-state index < -0.39 is 0 Å². The molecule has 0 aromatic carbocycles. The largest absolute Gasteiger partial charge is 0.352 e. The van der Waals surface area contributed by atoms with Gasteiger partial charge in [0.1, 0.15) is 0 Å². The molecule has 2 N–H and O–H groups in total. The van der Waals surface area contributed by atoms with Gasteiger partial charge >= 0.3 is 0 Å². The summed E-state index contributed by atoms with van der Waals surface area (Å²) < 4.78 is 2.14. The van der Waals surface area contributed by atoms with Gasteiger partial charge in [0, 0.05) is 30.7 Å². The summed E-state index contributed by atoms with van der Waals surface area (Å²) in [5, 5.41) is 2.07. The predicted octanol–water partition coefficient (Wildman–Crippen LogP) is 2.62. The molecule has 0 amide bonds. The Bertz CT molecular complexity index is 530. The molecule has 1 atom stereocenters. The van der Waals surface area contributed by atoms with E-state index in [-0.39, 0.29) is 0 Å². The fourth-order valence-corrected chi connectivity index (χ4v) is 3.67. The second-order valence-electron chi connectivity index (χ2n) is 4.89. The Morgan fingerprint density at radius 3 is 3.17 bits per heavy atom. The van der Waals surface area contributed by atoms with Crippen LogP contribution in [-0.4, -0.2) is 22.0 Å². The second-order valence-corrected chi connectivity index (χ2v) is 5.77. The van der Waals surface area contributed by atoms with Crippen LogP contribution in [-0.2, 0) is 6.54 Å². The van der Waals surface area contributed by atoms with E-state index in [1.165, 1.54) is 25.7 Å². The van der Waals surface area contributed by atoms with E-state index in [0.717, 1.165) is 23.0 Å². The summed E-state index contributed by atoms with van der Waals surface area (Å²) in [6.45, 7) is 3.94. The first-order chi connectivity index (χ1) is 8.85. The summed E-state index contributed by atoms with van der Waals surface area (Å²) in [5.41, 5.74) is 7.09. The Morgan fingerprint density at radius 1 is 1.50 bits per heavy atom. The van der Waals surface area contributed by atoms with E-state index in [2.05, 4.69) is 27.8 Å². The maximum atomic E-state index is 5.93. The van der Waals surface area contributed by atoms with Crippen molar-refractivity contribution in [2.75, 3.05) is 11.4 Å². The molecular weight excluding hydrogens is 244 g/mol. The van der Waals surface area contributed by atoms with Gasteiger partial charge in [-0.3, -0.25) is 4.40 Å². The minimum atomic E-state index is 0.556. The topological polar surface area (TPSA) is 46.6 Å². The summed E-state index contributed by atoms with van der Waals surface area (Å²) in [6, 6.07) is 0.633. The Hall–Kier alpha value is -1.07. The molecule has 2 aromatic rings. The van der Waals surface area contributed by atoms with E-state index in [1.807, 2.05) is 0 Å². The standard InChI is InChI=1S/C13H20N4S/c1-2-10-5-3-4-6-16(10)12-11(9-14)17-7-8-18-13(17)15-12/h7-8,10H,2-6,9,14H2,1H3. The fraction of sp³-hybridized carbons (Fsp3) is 0.615. The van der Waals surface area contributed by atoms with Crippen molar-refractivity contribution >= 4 is 22.1 Å². The summed E-state index contributed by atoms with van der Waals surface area (Å²) in [5.74, 6) is 1.12. The van der Waals surface area contributed by atoms with Gasteiger partial charge in [-0.2, -0.15) is 0 Å². The molecule has 1 aliphatic heterocycles. The van der Waals surface area contributed by atoms with Crippen LogP contribution in [0.25, 0.3) is 4.96 Å². The number of imidazole rings is 1. The zero-order valence-corrected chi connectivity index (χ0v) is 11.6. The highest BCUT2D eigenvalue weighted by atomic mass is 32.1. The van der Waals surface area contributed by atoms with E-state index in [0.29, 0.717) is 12.6 Å². The lowest BCUT2D eigenvalue weighted by molar-refractivity contribution is 0.446. The van der Waals surface area contributed by atoms with E-state index in [4.69, 9.17) is 10.7 Å². The van der Waals surface area contributed by atoms with Crippen LogP contribution in [0.15, 0.2) is 11.6 Å². The molecule has 0 aliphatic carbocycles. The van der Waals surface area contributed by atoms with Crippen LogP contribution in [0.4, 0.5) is 5.82 Å². The minimum absolute atomic E-state index is 0.556. The van der Waals surface area contributed by atoms with Gasteiger partial charge in [0.25, 0.3) is 0 Å². The van der Waals surface area contributed by atoms with Gasteiger partial charge < -0.3 is 10.6 Å². The molecule has 1 unspecified atom stereocenters. The molecule has 0 saturated carbocycles. The van der Waals surface area contributed by atoms with Gasteiger partial charge in [-0.25, -0.2) is 4.98 Å². The summed E-state index contributed by atoms with van der Waals surface area (Å²) in [6.07, 6.45) is 7.16. The molecule has 0 bridgehead atoms. The lowest BCUT2D eigenvalue weighted by Crippen LogP contribution is -2.40. The van der Waals surface area contributed by atoms with Crippen LogP contribution in [0.1, 0.15) is 38.3 Å². The van der Waals surface area contributed by atoms with Crippen LogP contribution in [0, 0.1) is 0 Å². The van der Waals surface area contributed by atoms with Crippen LogP contribution in [0.2, 0.25) is 0 Å². The molecule has 1 fully saturated rings. The van der Waals surface area contributed by atoms with E-state index in [9.17, 15) is 0 Å². The van der Waals surface area contributed by atoms with Crippen molar-refractivity contribution in [2.24, 2.45) is 5.73 Å². The molecule has 3 heterocycles. The number of nitrogens with two attached hydrogens (primary N) is 1. The summed E-state index contributed by atoms with van der Waals surface area (Å²) in [7, 11) is 0. The Balaban J connectivity index is 2.03. The first-order valence-corrected chi connectivity index (χ1v) is 7.64. The quantitative estimate of drug-likeness (QED) is 0.927. The number of anilines is 1. The molecule has 2 aromatic heterocycles. The van der Waals surface area contributed by atoms with Crippen LogP contribution in [0.3, 0.4) is 0 Å². The predicted molar refractivity (Wildman–Crippen MR) is 76.2 cm³/mol. The first kappa shape index (κ1) is 12.0. The third-order valence-corrected chi connectivity index (χ3v) is 4.66. The lowest BCUT2D eigenvalue weighted by Gasteiger charge is -2.36. The van der Waals surface area contributed by atoms with Gasteiger partial charge in [-0.15, -0.1) is 11.3 Å². The molecule has 4 nitrogen and oxygen atoms in total. The molecule has 18 heavy (non-hydrogen) atoms. The van der Waals surface area contributed by atoms with Gasteiger partial charge in [-0.05, 0) is 25.7 Å². The highest BCUT2D eigenvalue weighted by Crippen LogP contribution is 2.30. The Morgan fingerprint density at radius 2 is 2.39 bits per heavy atom. The number of hydrogen-bond acceptors (Lipinski definition) is 4. The Kier molecular flexibility index (Phi) is 3.26. The van der Waals surface area contributed by atoms with E-state index >= 15 is 0 Å². The molecule has 98 valence electrons. The number of piperidine rings is 1. The molecule has 1 aliphatic rings. The van der Waals surface area contributed by atoms with Crippen molar-refractivity contribution in [3.63, 3.8) is 0 Å². The van der Waals surface area contributed by atoms with E-state index in [1.54, 1.807) is 11.3 Å². The van der Waals surface area contributed by atoms with Crippen molar-refractivity contribution < 1.29 is 0 Å². The van der Waals surface area contributed by atoms with Crippen molar-refractivity contribution in [3.05, 3.63) is 17.3 Å². The van der Waals surface area contributed by atoms with Crippen LogP contribution in [0.5, 0.6) is 0 Å². The molecule has 3 rings (SSSR count). The van der Waals surface area contributed by atoms with Crippen molar-refractivity contribution in [1.82, 2.24) is 9.38 Å². The molecule has 0 spiro atoms. The van der Waals surface area contributed by atoms with Crippen LogP contribution >= 0.6 is 11.3 Å². The maximum absolute atomic E-state index is 5.93. The zero-order valence-electron chi connectivity index (χ0n) is 10.8. The summed E-state index contributed by atoms with van der Waals surface area (Å²) in [4.78, 5) is 8.33. The minimum Gasteiger partial charge on any atom is -0.352 e. The third-order valence-electron chi connectivity index (χ3n) is 3.90. The maximum Gasteiger partial charge on any atom is 0.195 e. The van der Waals surface area contributed by atoms with Gasteiger partial charge in [0.05, 0.1) is 5.69 Å². The first-order valence-electron chi connectivity index (χ1n) is 6.76. The number of aromatic nitrogens is 2. The van der Waals surface area contributed by atoms with Gasteiger partial charge in [0.2, 0.25) is 0 Å². The second kappa shape index (κ2) is 4.90. The lowest BCUT2D eigenvalue weighted by atomic mass is 10.00. The van der Waals surface area contributed by atoms with Crippen molar-refractivity contribution in [2.45, 2.75) is 45.2 Å². The number of rotatable bonds is 3. The average Bonchev–Trinajstić information content (AvgIpc) is 2.98. The van der Waals surface area contributed by atoms with Crippen molar-refractivity contribution in [3.8, 4) is 0 Å². The number of thiazole rings is 1. The van der Waals surface area contributed by atoms with Crippen LogP contribution < -0.4 is 10.6 Å². The molecule has 1 saturated heterocycles. The molecule has 0 radical (unpaired) electrons. The number of hydrogen-bond donors (Lipinski definition) is 1. The molecule has 5 heteroatoms. The monoisotopic (exact) mass is 264 g/mol. The number of fused-ring (bicyclic) bond motifs is 1. The molecular formula is C13H20N4S. The highest BCUT2D eigenvalue weighted by Gasteiger charge is 2.26. The fourth-order valence-electron chi connectivity index (χ4n) is 2.94. The average molecular weight is 264 g/mol. The zero-order chi connectivity index (χ0) is 12.5.